The Bertz CT molecular complexity index is 928. The number of hydrogen-bond acceptors (Lipinski definition) is 5. The van der Waals surface area contributed by atoms with Gasteiger partial charge in [0.25, 0.3) is 0 Å². The maximum absolute atomic E-state index is 12.2. The molecule has 1 aromatic heterocycles. The van der Waals surface area contributed by atoms with E-state index in [0.717, 1.165) is 16.9 Å². The van der Waals surface area contributed by atoms with Crippen LogP contribution in [0.5, 0.6) is 5.75 Å². The van der Waals surface area contributed by atoms with Gasteiger partial charge in [0.2, 0.25) is 5.89 Å². The van der Waals surface area contributed by atoms with E-state index in [4.69, 9.17) is 32.4 Å². The summed E-state index contributed by atoms with van der Waals surface area (Å²) in [5.74, 6) is 0.458. The highest BCUT2D eigenvalue weighted by Gasteiger charge is 2.15. The highest BCUT2D eigenvalue weighted by atomic mass is 35.5. The van der Waals surface area contributed by atoms with Crippen molar-refractivity contribution >= 4 is 29.1 Å². The molecule has 0 aliphatic rings. The summed E-state index contributed by atoms with van der Waals surface area (Å²) in [6.07, 6.45) is 0.312. The number of ether oxygens (including phenoxy) is 1. The number of amides is 1. The first kappa shape index (κ1) is 18.2. The lowest BCUT2D eigenvalue weighted by Crippen LogP contribution is -2.23. The van der Waals surface area contributed by atoms with Crippen LogP contribution in [0, 0.1) is 0 Å². The van der Waals surface area contributed by atoms with Crippen molar-refractivity contribution in [3.8, 4) is 5.75 Å². The first-order valence-corrected chi connectivity index (χ1v) is 8.48. The van der Waals surface area contributed by atoms with Gasteiger partial charge in [-0.05, 0) is 35.4 Å². The van der Waals surface area contributed by atoms with Crippen LogP contribution in [0.25, 0.3) is 0 Å². The number of benzene rings is 2. The number of carbonyl (C=O) groups is 1. The van der Waals surface area contributed by atoms with E-state index < -0.39 is 5.91 Å². The maximum Gasteiger partial charge on any atom is 0.309 e. The van der Waals surface area contributed by atoms with Crippen molar-refractivity contribution in [1.29, 1.82) is 0 Å². The molecule has 0 unspecified atom stereocenters. The molecule has 6 nitrogen and oxygen atoms in total. The van der Waals surface area contributed by atoms with Gasteiger partial charge < -0.3 is 14.5 Å². The van der Waals surface area contributed by atoms with Crippen LogP contribution in [0.2, 0.25) is 10.0 Å². The predicted octanol–water partition coefficient (Wildman–Crippen LogP) is 3.91. The van der Waals surface area contributed by atoms with Crippen LogP contribution in [0.15, 0.2) is 46.9 Å². The summed E-state index contributed by atoms with van der Waals surface area (Å²) in [6.45, 7) is 0.316. The van der Waals surface area contributed by atoms with Crippen LogP contribution >= 0.6 is 23.2 Å². The van der Waals surface area contributed by atoms with E-state index >= 15 is 0 Å². The van der Waals surface area contributed by atoms with Gasteiger partial charge in [-0.1, -0.05) is 41.4 Å². The second-order valence-electron chi connectivity index (χ2n) is 5.45. The van der Waals surface area contributed by atoms with Gasteiger partial charge in [-0.15, -0.1) is 10.2 Å². The molecule has 134 valence electrons. The number of nitrogens with zero attached hydrogens (tertiary/aromatic N) is 2. The zero-order valence-corrected chi connectivity index (χ0v) is 15.3. The molecule has 1 amide bonds. The third kappa shape index (κ3) is 4.53. The molecule has 0 saturated heterocycles. The lowest BCUT2D eigenvalue weighted by Gasteiger charge is -2.05. The van der Waals surface area contributed by atoms with Crippen LogP contribution in [-0.2, 0) is 13.0 Å². The number of rotatable bonds is 6. The van der Waals surface area contributed by atoms with Crippen molar-refractivity contribution in [3.63, 3.8) is 0 Å². The Kier molecular flexibility index (Phi) is 5.75. The average molecular weight is 392 g/mol. The fraction of sp³-hybridized carbons (Fsp3) is 0.167. The summed E-state index contributed by atoms with van der Waals surface area (Å²) in [5.41, 5.74) is 1.67. The molecular formula is C18H15Cl2N3O3. The monoisotopic (exact) mass is 391 g/mol. The molecule has 0 spiro atoms. The molecule has 0 bridgehead atoms. The van der Waals surface area contributed by atoms with Crippen LogP contribution in [-0.4, -0.2) is 23.2 Å². The minimum absolute atomic E-state index is 0.104. The summed E-state index contributed by atoms with van der Waals surface area (Å²) in [7, 11) is 1.59. The smallest absolute Gasteiger partial charge is 0.309 e. The third-order valence-electron chi connectivity index (χ3n) is 3.61. The fourth-order valence-electron chi connectivity index (χ4n) is 2.29. The SMILES string of the molecule is COc1cccc(CNC(=O)c2nnc(Cc3ccc(Cl)cc3Cl)o2)c1. The van der Waals surface area contributed by atoms with Gasteiger partial charge in [0.05, 0.1) is 13.5 Å². The molecule has 2 aromatic carbocycles. The molecule has 3 rings (SSSR count). The van der Waals surface area contributed by atoms with E-state index in [9.17, 15) is 4.79 Å². The number of methoxy groups -OCH3 is 1. The summed E-state index contributed by atoms with van der Waals surface area (Å²) in [5, 5.41) is 11.4. The Morgan fingerprint density at radius 1 is 1.19 bits per heavy atom. The van der Waals surface area contributed by atoms with Gasteiger partial charge >= 0.3 is 11.8 Å². The molecule has 8 heteroatoms. The Morgan fingerprint density at radius 3 is 2.81 bits per heavy atom. The largest absolute Gasteiger partial charge is 0.497 e. The van der Waals surface area contributed by atoms with Crippen LogP contribution in [0.3, 0.4) is 0 Å². The second-order valence-corrected chi connectivity index (χ2v) is 6.29. The number of carbonyl (C=O) groups excluding carboxylic acids is 1. The van der Waals surface area contributed by atoms with Gasteiger partial charge in [-0.25, -0.2) is 0 Å². The molecule has 0 aliphatic carbocycles. The standard InChI is InChI=1S/C18H15Cl2N3O3/c1-25-14-4-2-3-11(7-14)10-21-17(24)18-23-22-16(26-18)8-12-5-6-13(19)9-15(12)20/h2-7,9H,8,10H2,1H3,(H,21,24). The quantitative estimate of drug-likeness (QED) is 0.689. The van der Waals surface area contributed by atoms with Crippen molar-refractivity contribution < 1.29 is 13.9 Å². The van der Waals surface area contributed by atoms with Gasteiger partial charge in [-0.2, -0.15) is 0 Å². The third-order valence-corrected chi connectivity index (χ3v) is 4.19. The molecule has 0 atom stereocenters. The molecule has 0 aliphatic heterocycles. The van der Waals surface area contributed by atoms with Crippen molar-refractivity contribution in [1.82, 2.24) is 15.5 Å². The molecule has 3 aromatic rings. The van der Waals surface area contributed by atoms with E-state index in [2.05, 4.69) is 15.5 Å². The fourth-order valence-corrected chi connectivity index (χ4v) is 2.76. The molecule has 0 saturated carbocycles. The Labute approximate surface area is 160 Å². The van der Waals surface area contributed by atoms with Gasteiger partial charge in [0.1, 0.15) is 5.75 Å². The maximum atomic E-state index is 12.2. The van der Waals surface area contributed by atoms with Crippen molar-refractivity contribution in [2.75, 3.05) is 7.11 Å². The summed E-state index contributed by atoms with van der Waals surface area (Å²) in [6, 6.07) is 12.5. The zero-order chi connectivity index (χ0) is 18.5. The van der Waals surface area contributed by atoms with Gasteiger partial charge in [-0.3, -0.25) is 4.79 Å². The van der Waals surface area contributed by atoms with E-state index in [1.54, 1.807) is 25.3 Å². The van der Waals surface area contributed by atoms with Gasteiger partial charge in [0.15, 0.2) is 0 Å². The highest BCUT2D eigenvalue weighted by Crippen LogP contribution is 2.23. The average Bonchev–Trinajstić information content (AvgIpc) is 3.11. The Balaban J connectivity index is 1.62. The number of halogens is 2. The van der Waals surface area contributed by atoms with Crippen LogP contribution in [0.1, 0.15) is 27.7 Å². The summed E-state index contributed by atoms with van der Waals surface area (Å²) < 4.78 is 10.6. The van der Waals surface area contributed by atoms with Crippen LogP contribution in [0.4, 0.5) is 0 Å². The minimum atomic E-state index is -0.450. The lowest BCUT2D eigenvalue weighted by molar-refractivity contribution is 0.0914. The summed E-state index contributed by atoms with van der Waals surface area (Å²) >= 11 is 12.0. The number of nitrogens with one attached hydrogen (secondary N) is 1. The van der Waals surface area contributed by atoms with Crippen molar-refractivity contribution in [2.45, 2.75) is 13.0 Å². The molecule has 26 heavy (non-hydrogen) atoms. The predicted molar refractivity (Wildman–Crippen MR) is 97.7 cm³/mol. The first-order chi connectivity index (χ1) is 12.5. The van der Waals surface area contributed by atoms with Gasteiger partial charge in [0, 0.05) is 16.6 Å². The molecule has 1 heterocycles. The number of aromatic nitrogens is 2. The van der Waals surface area contributed by atoms with E-state index in [1.165, 1.54) is 0 Å². The summed E-state index contributed by atoms with van der Waals surface area (Å²) in [4.78, 5) is 12.2. The molecule has 1 N–H and O–H groups in total. The highest BCUT2D eigenvalue weighted by molar-refractivity contribution is 6.35. The normalized spacial score (nSPS) is 10.6. The topological polar surface area (TPSA) is 77.2 Å². The minimum Gasteiger partial charge on any atom is -0.497 e. The van der Waals surface area contributed by atoms with Crippen molar-refractivity contribution in [3.05, 3.63) is 75.4 Å². The molecular weight excluding hydrogens is 377 g/mol. The van der Waals surface area contributed by atoms with E-state index in [0.29, 0.717) is 28.9 Å². The molecule has 0 fully saturated rings. The zero-order valence-electron chi connectivity index (χ0n) is 13.8. The first-order valence-electron chi connectivity index (χ1n) is 7.72. The van der Waals surface area contributed by atoms with Crippen LogP contribution < -0.4 is 10.1 Å². The number of hydrogen-bond donors (Lipinski definition) is 1. The van der Waals surface area contributed by atoms with E-state index in [1.807, 2.05) is 24.3 Å². The lowest BCUT2D eigenvalue weighted by atomic mass is 10.1. The second kappa shape index (κ2) is 8.21. The Hall–Kier alpha value is -2.57. The van der Waals surface area contributed by atoms with E-state index in [-0.39, 0.29) is 5.89 Å². The van der Waals surface area contributed by atoms with Crippen molar-refractivity contribution in [2.24, 2.45) is 0 Å². The Morgan fingerprint density at radius 2 is 2.04 bits per heavy atom. The molecule has 0 radical (unpaired) electrons.